The van der Waals surface area contributed by atoms with Crippen LogP contribution in [0.1, 0.15) is 24.2 Å². The van der Waals surface area contributed by atoms with Gasteiger partial charge in [0.1, 0.15) is 10.7 Å². The minimum atomic E-state index is -4.25. The molecule has 0 aliphatic heterocycles. The molecule has 0 saturated carbocycles. The quantitative estimate of drug-likeness (QED) is 0.722. The van der Waals surface area contributed by atoms with Crippen molar-refractivity contribution in [2.24, 2.45) is 5.92 Å². The van der Waals surface area contributed by atoms with Crippen molar-refractivity contribution in [3.63, 3.8) is 0 Å². The number of aliphatic hydroxyl groups excluding tert-OH is 1. The van der Waals surface area contributed by atoms with E-state index < -0.39 is 39.4 Å². The first kappa shape index (κ1) is 16.5. The zero-order valence-electron chi connectivity index (χ0n) is 11.0. The van der Waals surface area contributed by atoms with Gasteiger partial charge in [-0.3, -0.25) is 0 Å². The lowest BCUT2D eigenvalue weighted by Gasteiger charge is -2.20. The lowest BCUT2D eigenvalue weighted by Crippen LogP contribution is -2.41. The van der Waals surface area contributed by atoms with Crippen molar-refractivity contribution in [1.82, 2.24) is 4.72 Å². The van der Waals surface area contributed by atoms with Gasteiger partial charge in [-0.25, -0.2) is 22.3 Å². The van der Waals surface area contributed by atoms with Crippen LogP contribution < -0.4 is 4.72 Å². The third kappa shape index (κ3) is 3.75. The molecule has 0 amide bonds. The number of benzene rings is 1. The van der Waals surface area contributed by atoms with E-state index in [-0.39, 0.29) is 11.5 Å². The van der Waals surface area contributed by atoms with Crippen LogP contribution in [0.25, 0.3) is 0 Å². The summed E-state index contributed by atoms with van der Waals surface area (Å²) in [4.78, 5) is 10.0. The van der Waals surface area contributed by atoms with Gasteiger partial charge in [-0.05, 0) is 24.1 Å². The van der Waals surface area contributed by atoms with Crippen molar-refractivity contribution in [3.8, 4) is 0 Å². The van der Waals surface area contributed by atoms with E-state index in [2.05, 4.69) is 4.72 Å². The minimum absolute atomic E-state index is 0.208. The zero-order chi connectivity index (χ0) is 15.5. The number of hydrogen-bond donors (Lipinski definition) is 3. The van der Waals surface area contributed by atoms with Gasteiger partial charge in [-0.1, -0.05) is 13.8 Å². The number of halogens is 1. The summed E-state index contributed by atoms with van der Waals surface area (Å²) in [5.41, 5.74) is -0.336. The number of nitrogens with one attached hydrogen (secondary N) is 1. The summed E-state index contributed by atoms with van der Waals surface area (Å²) < 4.78 is 39.9. The molecule has 0 heterocycles. The number of carbonyl (C=O) groups is 1. The maximum absolute atomic E-state index is 13.6. The molecule has 0 aromatic heterocycles. The fraction of sp³-hybridized carbons (Fsp3) is 0.417. The van der Waals surface area contributed by atoms with Crippen molar-refractivity contribution in [2.45, 2.75) is 24.8 Å². The van der Waals surface area contributed by atoms with Crippen LogP contribution in [0, 0.1) is 11.7 Å². The molecule has 112 valence electrons. The Morgan fingerprint density at radius 2 is 2.00 bits per heavy atom. The van der Waals surface area contributed by atoms with Crippen LogP contribution in [-0.2, 0) is 10.0 Å². The van der Waals surface area contributed by atoms with E-state index in [0.717, 1.165) is 18.2 Å². The van der Waals surface area contributed by atoms with Gasteiger partial charge < -0.3 is 10.2 Å². The molecule has 3 N–H and O–H groups in total. The Kier molecular flexibility index (Phi) is 5.21. The summed E-state index contributed by atoms with van der Waals surface area (Å²) in [6.07, 6.45) is 0. The number of carboxylic acid groups (broad SMARTS) is 1. The van der Waals surface area contributed by atoms with Crippen LogP contribution >= 0.6 is 0 Å². The number of aromatic carboxylic acids is 1. The molecule has 0 fully saturated rings. The fourth-order valence-electron chi connectivity index (χ4n) is 1.49. The van der Waals surface area contributed by atoms with Gasteiger partial charge >= 0.3 is 5.97 Å². The van der Waals surface area contributed by atoms with Gasteiger partial charge in [-0.15, -0.1) is 0 Å². The highest BCUT2D eigenvalue weighted by Gasteiger charge is 2.25. The molecule has 0 aliphatic rings. The summed E-state index contributed by atoms with van der Waals surface area (Å²) in [7, 11) is -4.25. The Hall–Kier alpha value is -1.51. The second kappa shape index (κ2) is 6.29. The van der Waals surface area contributed by atoms with Crippen LogP contribution in [0.4, 0.5) is 4.39 Å². The van der Waals surface area contributed by atoms with Crippen molar-refractivity contribution < 1.29 is 27.8 Å². The van der Waals surface area contributed by atoms with E-state index in [9.17, 15) is 17.6 Å². The summed E-state index contributed by atoms with van der Waals surface area (Å²) in [6.45, 7) is 2.93. The van der Waals surface area contributed by atoms with E-state index in [0.29, 0.717) is 0 Å². The maximum Gasteiger partial charge on any atom is 0.335 e. The SMILES string of the molecule is CC(C)[C@@H](CO)NS(=O)(=O)c1cc(C(=O)O)ccc1F. The van der Waals surface area contributed by atoms with E-state index in [1.807, 2.05) is 0 Å². The normalized spacial score (nSPS) is 13.4. The summed E-state index contributed by atoms with van der Waals surface area (Å²) in [6, 6.07) is 1.71. The molecular weight excluding hydrogens is 289 g/mol. The maximum atomic E-state index is 13.6. The molecule has 8 heteroatoms. The summed E-state index contributed by atoms with van der Waals surface area (Å²) >= 11 is 0. The van der Waals surface area contributed by atoms with Gasteiger partial charge in [0.2, 0.25) is 10.0 Å². The Morgan fingerprint density at radius 1 is 1.40 bits per heavy atom. The fourth-order valence-corrected chi connectivity index (χ4v) is 2.97. The van der Waals surface area contributed by atoms with Crippen LogP contribution in [0.15, 0.2) is 23.1 Å². The highest BCUT2D eigenvalue weighted by Crippen LogP contribution is 2.18. The van der Waals surface area contributed by atoms with Crippen molar-refractivity contribution >= 4 is 16.0 Å². The first-order valence-corrected chi connectivity index (χ1v) is 7.33. The van der Waals surface area contributed by atoms with Crippen LogP contribution in [0.2, 0.25) is 0 Å². The zero-order valence-corrected chi connectivity index (χ0v) is 11.8. The standard InChI is InChI=1S/C12H16FNO5S/c1-7(2)10(6-15)14-20(18,19)11-5-8(12(16)17)3-4-9(11)13/h3-5,7,10,14-15H,6H2,1-2H3,(H,16,17)/t10-/m1/s1. The lowest BCUT2D eigenvalue weighted by atomic mass is 10.1. The third-order valence-corrected chi connectivity index (χ3v) is 4.28. The van der Waals surface area contributed by atoms with Gasteiger partial charge in [0, 0.05) is 6.04 Å². The number of carboxylic acids is 1. The molecule has 0 spiro atoms. The Bertz CT molecular complexity index is 600. The monoisotopic (exact) mass is 305 g/mol. The second-order valence-electron chi connectivity index (χ2n) is 4.60. The average molecular weight is 305 g/mol. The first-order valence-electron chi connectivity index (χ1n) is 5.85. The molecule has 1 aromatic carbocycles. The molecule has 1 aromatic rings. The highest BCUT2D eigenvalue weighted by molar-refractivity contribution is 7.89. The molecule has 0 saturated heterocycles. The van der Waals surface area contributed by atoms with Crippen molar-refractivity contribution in [3.05, 3.63) is 29.6 Å². The summed E-state index contributed by atoms with van der Waals surface area (Å²) in [5.74, 6) is -2.62. The second-order valence-corrected chi connectivity index (χ2v) is 6.29. The lowest BCUT2D eigenvalue weighted by molar-refractivity contribution is 0.0696. The van der Waals surface area contributed by atoms with Crippen molar-refractivity contribution in [2.75, 3.05) is 6.61 Å². The predicted octanol–water partition coefficient (Wildman–Crippen LogP) is 0.819. The Balaban J connectivity index is 3.21. The molecule has 0 bridgehead atoms. The number of rotatable bonds is 6. The highest BCUT2D eigenvalue weighted by atomic mass is 32.2. The summed E-state index contributed by atoms with van der Waals surface area (Å²) in [5, 5.41) is 17.9. The molecule has 1 rings (SSSR count). The van der Waals surface area contributed by atoms with Gasteiger partial charge in [0.05, 0.1) is 12.2 Å². The minimum Gasteiger partial charge on any atom is -0.478 e. The van der Waals surface area contributed by atoms with Gasteiger partial charge in [0.25, 0.3) is 0 Å². The Morgan fingerprint density at radius 3 is 2.45 bits per heavy atom. The molecule has 6 nitrogen and oxygen atoms in total. The smallest absolute Gasteiger partial charge is 0.335 e. The van der Waals surface area contributed by atoms with Crippen LogP contribution in [0.3, 0.4) is 0 Å². The van der Waals surface area contributed by atoms with E-state index in [1.54, 1.807) is 13.8 Å². The molecule has 1 atom stereocenters. The first-order chi connectivity index (χ1) is 9.19. The van der Waals surface area contributed by atoms with E-state index in [1.165, 1.54) is 0 Å². The van der Waals surface area contributed by atoms with Crippen molar-refractivity contribution in [1.29, 1.82) is 0 Å². The molecule has 0 radical (unpaired) electrons. The molecule has 20 heavy (non-hydrogen) atoms. The number of aliphatic hydroxyl groups is 1. The average Bonchev–Trinajstić information content (AvgIpc) is 2.35. The third-order valence-electron chi connectivity index (χ3n) is 2.78. The van der Waals surface area contributed by atoms with E-state index in [4.69, 9.17) is 10.2 Å². The van der Waals surface area contributed by atoms with Gasteiger partial charge in [-0.2, -0.15) is 0 Å². The van der Waals surface area contributed by atoms with Crippen LogP contribution in [-0.4, -0.2) is 37.2 Å². The predicted molar refractivity (Wildman–Crippen MR) is 69.4 cm³/mol. The number of sulfonamides is 1. The van der Waals surface area contributed by atoms with Gasteiger partial charge in [0.15, 0.2) is 0 Å². The molecular formula is C12H16FNO5S. The molecule has 0 unspecified atom stereocenters. The Labute approximate surface area is 116 Å². The topological polar surface area (TPSA) is 104 Å². The molecule has 0 aliphatic carbocycles. The largest absolute Gasteiger partial charge is 0.478 e. The van der Waals surface area contributed by atoms with E-state index >= 15 is 0 Å². The van der Waals surface area contributed by atoms with Crippen LogP contribution in [0.5, 0.6) is 0 Å². The number of hydrogen-bond acceptors (Lipinski definition) is 4.